The number of methoxy groups -OCH3 is 1. The smallest absolute Gasteiger partial charge is 0.333 e. The third kappa shape index (κ3) is 5.46. The van der Waals surface area contributed by atoms with Crippen LogP contribution in [0.3, 0.4) is 0 Å². The van der Waals surface area contributed by atoms with Crippen LogP contribution in [0.4, 0.5) is 0 Å². The lowest BCUT2D eigenvalue weighted by Gasteiger charge is -2.33. The number of hydrogen-bond acceptors (Lipinski definition) is 10. The number of hydrogen-bond donors (Lipinski definition) is 1. The van der Waals surface area contributed by atoms with Gasteiger partial charge in [-0.15, -0.1) is 11.3 Å². The van der Waals surface area contributed by atoms with Gasteiger partial charge in [-0.2, -0.15) is 5.26 Å². The number of amides is 1. The molecule has 1 aliphatic carbocycles. The van der Waals surface area contributed by atoms with E-state index in [1.807, 2.05) is 18.2 Å². The van der Waals surface area contributed by atoms with Crippen LogP contribution in [0.15, 0.2) is 33.9 Å². The molecule has 2 bridgehead atoms. The van der Waals surface area contributed by atoms with Gasteiger partial charge < -0.3 is 14.2 Å². The van der Waals surface area contributed by atoms with Crippen molar-refractivity contribution in [1.29, 1.82) is 5.26 Å². The van der Waals surface area contributed by atoms with Gasteiger partial charge in [0.25, 0.3) is 11.5 Å². The molecule has 14 heteroatoms. The lowest BCUT2D eigenvalue weighted by molar-refractivity contribution is -0.126. The van der Waals surface area contributed by atoms with Crippen molar-refractivity contribution in [3.05, 3.63) is 61.1 Å². The number of fused-ring (bicyclic) bond motifs is 3. The van der Waals surface area contributed by atoms with Gasteiger partial charge in [0.15, 0.2) is 0 Å². The van der Waals surface area contributed by atoms with Crippen molar-refractivity contribution in [2.75, 3.05) is 7.11 Å². The number of nitrogens with zero attached hydrogens (tertiary/aromatic N) is 3. The Morgan fingerprint density at radius 3 is 2.48 bits per heavy atom. The standard InChI is InChI=1S/C32H38N4O8S2/c1-18-25(16-33)45-28-26(18)27(37)36(31(2,3)29(38)34-46(40,41)32(4)12-13-32)30(39)35(28)17-24(22-8-6-7-9-23(22)42-5)44-21-14-19-10-11-20(15-21)43-19/h6-9,19-21,24H,10-15,17H2,1-5H3,(H,34,38)/t19-,20-,24+/m1/s1. The van der Waals surface area contributed by atoms with Crippen LogP contribution in [-0.4, -0.2) is 53.6 Å². The van der Waals surface area contributed by atoms with Gasteiger partial charge in [-0.3, -0.25) is 18.9 Å². The summed E-state index contributed by atoms with van der Waals surface area (Å²) in [5.74, 6) is -0.451. The number of rotatable bonds is 10. The molecule has 12 nitrogen and oxygen atoms in total. The number of thiophene rings is 1. The molecule has 0 spiro atoms. The van der Waals surface area contributed by atoms with Crippen LogP contribution in [0.2, 0.25) is 0 Å². The number of nitrogens with one attached hydrogen (secondary N) is 1. The zero-order valence-corrected chi connectivity index (χ0v) is 28.1. The highest BCUT2D eigenvalue weighted by Crippen LogP contribution is 2.42. The Morgan fingerprint density at radius 2 is 1.87 bits per heavy atom. The number of sulfonamides is 1. The average Bonchev–Trinajstić information content (AvgIpc) is 3.57. The minimum absolute atomic E-state index is 0.0679. The molecule has 3 fully saturated rings. The second kappa shape index (κ2) is 11.6. The van der Waals surface area contributed by atoms with Crippen LogP contribution < -0.4 is 20.7 Å². The van der Waals surface area contributed by atoms with Crippen molar-refractivity contribution < 1.29 is 27.4 Å². The lowest BCUT2D eigenvalue weighted by atomic mass is 10.0. The average molecular weight is 671 g/mol. The zero-order valence-electron chi connectivity index (χ0n) is 26.5. The first-order valence-corrected chi connectivity index (χ1v) is 17.7. The van der Waals surface area contributed by atoms with E-state index in [0.717, 1.165) is 28.7 Å². The van der Waals surface area contributed by atoms with E-state index in [1.165, 1.54) is 18.4 Å². The Morgan fingerprint density at radius 1 is 1.22 bits per heavy atom. The van der Waals surface area contributed by atoms with Crippen molar-refractivity contribution in [3.63, 3.8) is 0 Å². The van der Waals surface area contributed by atoms with Crippen molar-refractivity contribution in [1.82, 2.24) is 13.9 Å². The fourth-order valence-electron chi connectivity index (χ4n) is 6.49. The second-order valence-electron chi connectivity index (χ2n) is 13.2. The second-order valence-corrected chi connectivity index (χ2v) is 16.4. The number of carbonyl (C=O) groups is 1. The first-order chi connectivity index (χ1) is 21.7. The van der Waals surface area contributed by atoms with Crippen molar-refractivity contribution in [2.24, 2.45) is 0 Å². The molecule has 46 heavy (non-hydrogen) atoms. The maximum Gasteiger partial charge on any atom is 0.333 e. The van der Waals surface area contributed by atoms with Crippen molar-refractivity contribution in [3.8, 4) is 11.8 Å². The predicted octanol–water partition coefficient (Wildman–Crippen LogP) is 3.61. The van der Waals surface area contributed by atoms with E-state index in [-0.39, 0.29) is 40.0 Å². The van der Waals surface area contributed by atoms with Crippen LogP contribution in [0.5, 0.6) is 5.75 Å². The fourth-order valence-corrected chi connectivity index (χ4v) is 8.97. The summed E-state index contributed by atoms with van der Waals surface area (Å²) in [6.45, 7) is 5.77. The first kappa shape index (κ1) is 32.4. The highest BCUT2D eigenvalue weighted by Gasteiger charge is 2.52. The van der Waals surface area contributed by atoms with E-state index < -0.39 is 43.6 Å². The van der Waals surface area contributed by atoms with Gasteiger partial charge in [-0.1, -0.05) is 18.2 Å². The van der Waals surface area contributed by atoms with Gasteiger partial charge in [0, 0.05) is 5.56 Å². The highest BCUT2D eigenvalue weighted by molar-refractivity contribution is 7.91. The van der Waals surface area contributed by atoms with E-state index >= 15 is 0 Å². The van der Waals surface area contributed by atoms with Crippen molar-refractivity contribution >= 4 is 37.5 Å². The van der Waals surface area contributed by atoms with Gasteiger partial charge in [-0.25, -0.2) is 17.8 Å². The normalized spacial score (nSPS) is 22.7. The summed E-state index contributed by atoms with van der Waals surface area (Å²) in [6, 6.07) is 9.45. The Bertz CT molecular complexity index is 1970. The predicted molar refractivity (Wildman–Crippen MR) is 172 cm³/mol. The third-order valence-corrected chi connectivity index (χ3v) is 13.1. The van der Waals surface area contributed by atoms with Crippen LogP contribution in [-0.2, 0) is 36.4 Å². The van der Waals surface area contributed by atoms with Crippen LogP contribution in [0.25, 0.3) is 10.2 Å². The van der Waals surface area contributed by atoms with Gasteiger partial charge in [0.2, 0.25) is 10.0 Å². The summed E-state index contributed by atoms with van der Waals surface area (Å²) in [6.07, 6.45) is 3.46. The Labute approximate surface area is 270 Å². The molecular weight excluding hydrogens is 633 g/mol. The van der Waals surface area contributed by atoms with E-state index in [9.17, 15) is 28.1 Å². The monoisotopic (exact) mass is 670 g/mol. The minimum Gasteiger partial charge on any atom is -0.496 e. The molecule has 2 aromatic heterocycles. The van der Waals surface area contributed by atoms with Crippen LogP contribution in [0, 0.1) is 18.3 Å². The zero-order chi connectivity index (χ0) is 33.2. The number of aromatic nitrogens is 2. The maximum absolute atomic E-state index is 14.5. The van der Waals surface area contributed by atoms with Gasteiger partial charge >= 0.3 is 5.69 Å². The maximum atomic E-state index is 14.5. The lowest BCUT2D eigenvalue weighted by Crippen LogP contribution is -2.57. The number of nitriles is 1. The molecular formula is C32H38N4O8S2. The molecule has 3 aromatic rings. The number of carbonyl (C=O) groups excluding carboxylic acids is 1. The summed E-state index contributed by atoms with van der Waals surface area (Å²) >= 11 is 1.02. The van der Waals surface area contributed by atoms with E-state index in [2.05, 4.69) is 10.8 Å². The summed E-state index contributed by atoms with van der Waals surface area (Å²) in [5.41, 5.74) is -2.45. The molecule has 2 aliphatic heterocycles. The summed E-state index contributed by atoms with van der Waals surface area (Å²) in [5, 5.41) is 9.99. The van der Waals surface area contributed by atoms with E-state index in [0.29, 0.717) is 42.6 Å². The summed E-state index contributed by atoms with van der Waals surface area (Å²) in [4.78, 5) is 42.7. The minimum atomic E-state index is -4.06. The van der Waals surface area contributed by atoms with Crippen molar-refractivity contribution in [2.45, 2.75) is 107 Å². The quantitative estimate of drug-likeness (QED) is 0.340. The largest absolute Gasteiger partial charge is 0.496 e. The fraction of sp³-hybridized carbons (Fsp3) is 0.562. The molecule has 4 heterocycles. The van der Waals surface area contributed by atoms with E-state index in [1.54, 1.807) is 27.0 Å². The number of benzene rings is 1. The highest BCUT2D eigenvalue weighted by atomic mass is 32.2. The molecule has 0 unspecified atom stereocenters. The van der Waals surface area contributed by atoms with Crippen LogP contribution in [0.1, 0.15) is 81.4 Å². The van der Waals surface area contributed by atoms with Crippen LogP contribution >= 0.6 is 11.3 Å². The summed E-state index contributed by atoms with van der Waals surface area (Å²) < 4.78 is 47.6. The van der Waals surface area contributed by atoms with Gasteiger partial charge in [0.05, 0.1) is 42.1 Å². The molecule has 1 aromatic carbocycles. The molecule has 3 atom stereocenters. The molecule has 3 aliphatic rings. The molecule has 6 rings (SSSR count). The Kier molecular flexibility index (Phi) is 8.20. The molecule has 1 amide bonds. The molecule has 1 N–H and O–H groups in total. The van der Waals surface area contributed by atoms with E-state index in [4.69, 9.17) is 14.2 Å². The molecule has 2 saturated heterocycles. The Balaban J connectivity index is 1.49. The number of ether oxygens (including phenoxy) is 3. The summed E-state index contributed by atoms with van der Waals surface area (Å²) in [7, 11) is -2.51. The number of para-hydroxylation sites is 1. The molecule has 246 valence electrons. The van der Waals surface area contributed by atoms with Gasteiger partial charge in [0.1, 0.15) is 33.2 Å². The SMILES string of the molecule is COc1ccccc1[C@H](Cn1c(=O)n(C(C)(C)C(=O)NS(=O)(=O)C2(C)CC2)c(=O)c2c(C)c(C#N)sc21)OC1C[C@H]2CC[C@H](C1)O2. The third-order valence-electron chi connectivity index (χ3n) is 9.70. The molecule has 0 radical (unpaired) electrons. The topological polar surface area (TPSA) is 159 Å². The molecule has 1 saturated carbocycles. The Hall–Kier alpha value is -3.51. The number of aryl methyl sites for hydroxylation is 1. The van der Waals surface area contributed by atoms with Gasteiger partial charge in [-0.05, 0) is 77.8 Å². The first-order valence-electron chi connectivity index (χ1n) is 15.4.